The van der Waals surface area contributed by atoms with Gasteiger partial charge in [-0.25, -0.2) is 8.42 Å². The summed E-state index contributed by atoms with van der Waals surface area (Å²) in [5.41, 5.74) is 0.678. The minimum atomic E-state index is -2.41. The standard InChI is InChI=1S/C9H10O4S/c1-7(10)13-9-4-2-8(3-5-9)6-14(11)12/h2-5,14H,6H2,1H3. The van der Waals surface area contributed by atoms with Crippen LogP contribution in [-0.2, 0) is 21.3 Å². The zero-order valence-corrected chi connectivity index (χ0v) is 8.49. The molecule has 0 aliphatic rings. The van der Waals surface area contributed by atoms with Gasteiger partial charge in [-0.3, -0.25) is 4.79 Å². The van der Waals surface area contributed by atoms with Crippen LogP contribution in [0.1, 0.15) is 12.5 Å². The Kier molecular flexibility index (Phi) is 3.64. The predicted molar refractivity (Wildman–Crippen MR) is 51.8 cm³/mol. The molecule has 14 heavy (non-hydrogen) atoms. The molecule has 0 radical (unpaired) electrons. The van der Waals surface area contributed by atoms with Gasteiger partial charge in [-0.1, -0.05) is 12.1 Å². The van der Waals surface area contributed by atoms with Crippen LogP contribution in [0.25, 0.3) is 0 Å². The highest BCUT2D eigenvalue weighted by Crippen LogP contribution is 2.12. The molecule has 0 spiro atoms. The van der Waals surface area contributed by atoms with Gasteiger partial charge < -0.3 is 4.74 Å². The Labute approximate surface area is 83.5 Å². The Balaban J connectivity index is 2.73. The van der Waals surface area contributed by atoms with E-state index in [9.17, 15) is 13.2 Å². The predicted octanol–water partition coefficient (Wildman–Crippen LogP) is 0.723. The van der Waals surface area contributed by atoms with E-state index in [2.05, 4.69) is 0 Å². The minimum absolute atomic E-state index is 0.00961. The number of hydrogen-bond acceptors (Lipinski definition) is 4. The lowest BCUT2D eigenvalue weighted by molar-refractivity contribution is -0.131. The molecule has 76 valence electrons. The maximum atomic E-state index is 10.6. The highest BCUT2D eigenvalue weighted by atomic mass is 32.2. The molecule has 0 unspecified atom stereocenters. The zero-order valence-electron chi connectivity index (χ0n) is 7.60. The fraction of sp³-hybridized carbons (Fsp3) is 0.222. The van der Waals surface area contributed by atoms with Crippen molar-refractivity contribution in [3.05, 3.63) is 29.8 Å². The number of thiol groups is 1. The average molecular weight is 214 g/mol. The Morgan fingerprint density at radius 2 is 1.86 bits per heavy atom. The molecular weight excluding hydrogens is 204 g/mol. The van der Waals surface area contributed by atoms with Gasteiger partial charge in [-0.15, -0.1) is 0 Å². The van der Waals surface area contributed by atoms with E-state index >= 15 is 0 Å². The molecule has 0 bridgehead atoms. The second-order valence-electron chi connectivity index (χ2n) is 2.73. The number of carbonyl (C=O) groups excluding carboxylic acids is 1. The van der Waals surface area contributed by atoms with E-state index in [4.69, 9.17) is 4.74 Å². The Bertz CT molecular complexity index is 384. The minimum Gasteiger partial charge on any atom is -0.427 e. The quantitative estimate of drug-likeness (QED) is 0.457. The molecule has 5 heteroatoms. The molecule has 0 fully saturated rings. The van der Waals surface area contributed by atoms with Crippen molar-refractivity contribution in [3.8, 4) is 5.75 Å². The molecule has 0 saturated carbocycles. The van der Waals surface area contributed by atoms with Crippen molar-refractivity contribution < 1.29 is 17.9 Å². The summed E-state index contributed by atoms with van der Waals surface area (Å²) in [6, 6.07) is 6.36. The lowest BCUT2D eigenvalue weighted by atomic mass is 10.2. The van der Waals surface area contributed by atoms with Crippen molar-refractivity contribution in [2.24, 2.45) is 0 Å². The van der Waals surface area contributed by atoms with Gasteiger partial charge >= 0.3 is 5.97 Å². The van der Waals surface area contributed by atoms with E-state index in [1.165, 1.54) is 6.92 Å². The van der Waals surface area contributed by atoms with E-state index in [-0.39, 0.29) is 5.75 Å². The Morgan fingerprint density at radius 3 is 2.29 bits per heavy atom. The highest BCUT2D eigenvalue weighted by molar-refractivity contribution is 7.71. The van der Waals surface area contributed by atoms with E-state index in [1.807, 2.05) is 0 Å². The van der Waals surface area contributed by atoms with E-state index in [0.717, 1.165) is 0 Å². The average Bonchev–Trinajstić information content (AvgIpc) is 2.06. The highest BCUT2D eigenvalue weighted by Gasteiger charge is 1.98. The third-order valence-electron chi connectivity index (χ3n) is 1.50. The van der Waals surface area contributed by atoms with E-state index in [0.29, 0.717) is 11.3 Å². The van der Waals surface area contributed by atoms with Crippen LogP contribution in [0.4, 0.5) is 0 Å². The van der Waals surface area contributed by atoms with Gasteiger partial charge in [0.15, 0.2) is 0 Å². The molecule has 0 aromatic heterocycles. The Morgan fingerprint density at radius 1 is 1.29 bits per heavy atom. The van der Waals surface area contributed by atoms with Crippen LogP contribution in [0.15, 0.2) is 24.3 Å². The second kappa shape index (κ2) is 4.76. The molecule has 0 amide bonds. The third kappa shape index (κ3) is 3.57. The molecule has 1 aromatic rings. The summed E-state index contributed by atoms with van der Waals surface area (Å²) in [6.07, 6.45) is 0. The van der Waals surface area contributed by atoms with Crippen molar-refractivity contribution in [2.45, 2.75) is 12.7 Å². The number of esters is 1. The summed E-state index contributed by atoms with van der Waals surface area (Å²) >= 11 is 0. The summed E-state index contributed by atoms with van der Waals surface area (Å²) in [4.78, 5) is 10.6. The van der Waals surface area contributed by atoms with Crippen molar-refractivity contribution >= 4 is 16.7 Å². The van der Waals surface area contributed by atoms with E-state index < -0.39 is 16.7 Å². The number of benzene rings is 1. The second-order valence-corrected chi connectivity index (χ2v) is 3.71. The summed E-state index contributed by atoms with van der Waals surface area (Å²) in [5, 5.41) is 0. The van der Waals surface area contributed by atoms with Gasteiger partial charge in [0.05, 0.1) is 5.75 Å². The van der Waals surface area contributed by atoms with Gasteiger partial charge in [-0.05, 0) is 17.7 Å². The third-order valence-corrected chi connectivity index (χ3v) is 2.12. The lowest BCUT2D eigenvalue weighted by Gasteiger charge is -2.01. The maximum Gasteiger partial charge on any atom is 0.308 e. The van der Waals surface area contributed by atoms with Gasteiger partial charge in [0, 0.05) is 6.92 Å². The molecule has 1 aromatic carbocycles. The first-order chi connectivity index (χ1) is 6.58. The van der Waals surface area contributed by atoms with Crippen molar-refractivity contribution in [3.63, 3.8) is 0 Å². The number of hydrogen-bond donors (Lipinski definition) is 1. The molecule has 0 aliphatic carbocycles. The molecule has 0 saturated heterocycles. The van der Waals surface area contributed by atoms with Crippen molar-refractivity contribution in [2.75, 3.05) is 0 Å². The number of carbonyl (C=O) groups is 1. The van der Waals surface area contributed by atoms with Crippen molar-refractivity contribution in [1.82, 2.24) is 0 Å². The zero-order chi connectivity index (χ0) is 10.6. The van der Waals surface area contributed by atoms with Gasteiger partial charge in [0.2, 0.25) is 0 Å². The fourth-order valence-corrected chi connectivity index (χ4v) is 1.49. The molecular formula is C9H10O4S. The van der Waals surface area contributed by atoms with Gasteiger partial charge in [-0.2, -0.15) is 0 Å². The van der Waals surface area contributed by atoms with Crippen LogP contribution < -0.4 is 4.74 Å². The largest absolute Gasteiger partial charge is 0.427 e. The SMILES string of the molecule is CC(=O)Oc1ccc(C[SH](=O)=O)cc1. The first-order valence-electron chi connectivity index (χ1n) is 3.97. The molecule has 0 aliphatic heterocycles. The van der Waals surface area contributed by atoms with Crippen LogP contribution in [0.3, 0.4) is 0 Å². The lowest BCUT2D eigenvalue weighted by Crippen LogP contribution is -2.01. The molecule has 0 heterocycles. The first kappa shape index (κ1) is 10.7. The van der Waals surface area contributed by atoms with Crippen molar-refractivity contribution in [1.29, 1.82) is 0 Å². The molecule has 1 rings (SSSR count). The summed E-state index contributed by atoms with van der Waals surface area (Å²) in [6.45, 7) is 1.31. The van der Waals surface area contributed by atoms with Gasteiger partial charge in [0.25, 0.3) is 0 Å². The molecule has 0 N–H and O–H groups in total. The van der Waals surface area contributed by atoms with Gasteiger partial charge in [0.1, 0.15) is 16.5 Å². The van der Waals surface area contributed by atoms with Crippen LogP contribution >= 0.6 is 0 Å². The topological polar surface area (TPSA) is 60.4 Å². The normalized spacial score (nSPS) is 10.1. The smallest absolute Gasteiger partial charge is 0.308 e. The van der Waals surface area contributed by atoms with Crippen LogP contribution in [0.2, 0.25) is 0 Å². The summed E-state index contributed by atoms with van der Waals surface area (Å²) in [7, 11) is -2.41. The monoisotopic (exact) mass is 214 g/mol. The van der Waals surface area contributed by atoms with Crippen LogP contribution in [0, 0.1) is 0 Å². The molecule has 0 atom stereocenters. The number of rotatable bonds is 3. The Hall–Kier alpha value is -1.36. The number of ether oxygens (including phenoxy) is 1. The van der Waals surface area contributed by atoms with Crippen LogP contribution in [0.5, 0.6) is 5.75 Å². The first-order valence-corrected chi connectivity index (χ1v) is 5.33. The summed E-state index contributed by atoms with van der Waals surface area (Å²) in [5.74, 6) is 0.0328. The summed E-state index contributed by atoms with van der Waals surface area (Å²) < 4.78 is 25.6. The van der Waals surface area contributed by atoms with Crippen LogP contribution in [-0.4, -0.2) is 14.4 Å². The van der Waals surface area contributed by atoms with E-state index in [1.54, 1.807) is 24.3 Å². The fourth-order valence-electron chi connectivity index (χ4n) is 0.978. The maximum absolute atomic E-state index is 10.6. The molecule has 4 nitrogen and oxygen atoms in total.